The van der Waals surface area contributed by atoms with Crippen LogP contribution in [0.15, 0.2) is 0 Å². The van der Waals surface area contributed by atoms with Gasteiger partial charge in [-0.15, -0.1) is 0 Å². The standard InChI is InChI=1S/C13H23N3O4/c1-3-13(4-2)5-6-15(9-13)12(20)16(7-10(14)17)8-11(18)19/h3-9H2,1-2H3,(H2,14,17)(H,18,19). The van der Waals surface area contributed by atoms with Crippen molar-refractivity contribution in [3.63, 3.8) is 0 Å². The minimum Gasteiger partial charge on any atom is -0.480 e. The van der Waals surface area contributed by atoms with Crippen LogP contribution in [0, 0.1) is 5.41 Å². The number of nitrogens with two attached hydrogens (primary N) is 1. The number of carbonyl (C=O) groups excluding carboxylic acids is 2. The van der Waals surface area contributed by atoms with Gasteiger partial charge in [0.1, 0.15) is 13.1 Å². The van der Waals surface area contributed by atoms with Gasteiger partial charge in [-0.1, -0.05) is 13.8 Å². The van der Waals surface area contributed by atoms with E-state index in [9.17, 15) is 14.4 Å². The number of carbonyl (C=O) groups is 3. The Bertz CT molecular complexity index is 377. The summed E-state index contributed by atoms with van der Waals surface area (Å²) in [5.74, 6) is -1.87. The fourth-order valence-electron chi connectivity index (χ4n) is 2.67. The summed E-state index contributed by atoms with van der Waals surface area (Å²) in [5, 5.41) is 8.82. The molecule has 7 nitrogen and oxygen atoms in total. The summed E-state index contributed by atoms with van der Waals surface area (Å²) < 4.78 is 0. The molecule has 0 unspecified atom stereocenters. The fraction of sp³-hybridized carbons (Fsp3) is 0.769. The Kier molecular flexibility index (Phi) is 5.35. The highest BCUT2D eigenvalue weighted by atomic mass is 16.4. The van der Waals surface area contributed by atoms with Gasteiger partial charge in [-0.25, -0.2) is 4.79 Å². The molecule has 1 fully saturated rings. The number of carboxylic acids is 1. The number of hydrogen-bond acceptors (Lipinski definition) is 3. The molecule has 1 aliphatic rings. The summed E-state index contributed by atoms with van der Waals surface area (Å²) in [4.78, 5) is 36.7. The monoisotopic (exact) mass is 285 g/mol. The fourth-order valence-corrected chi connectivity index (χ4v) is 2.67. The molecule has 20 heavy (non-hydrogen) atoms. The van der Waals surface area contributed by atoms with Crippen molar-refractivity contribution in [1.29, 1.82) is 0 Å². The minimum absolute atomic E-state index is 0.108. The lowest BCUT2D eigenvalue weighted by Gasteiger charge is -2.29. The Morgan fingerprint density at radius 2 is 1.85 bits per heavy atom. The van der Waals surface area contributed by atoms with Crippen molar-refractivity contribution in [1.82, 2.24) is 9.80 Å². The molecule has 1 saturated heterocycles. The van der Waals surface area contributed by atoms with Gasteiger partial charge in [0.05, 0.1) is 0 Å². The smallest absolute Gasteiger partial charge is 0.323 e. The molecule has 1 heterocycles. The van der Waals surface area contributed by atoms with Crippen LogP contribution in [0.5, 0.6) is 0 Å². The lowest BCUT2D eigenvalue weighted by Crippen LogP contribution is -2.48. The topological polar surface area (TPSA) is 104 Å². The van der Waals surface area contributed by atoms with E-state index < -0.39 is 24.5 Å². The van der Waals surface area contributed by atoms with E-state index in [-0.39, 0.29) is 12.0 Å². The number of nitrogens with zero attached hydrogens (tertiary/aromatic N) is 2. The summed E-state index contributed by atoms with van der Waals surface area (Å²) in [5.41, 5.74) is 5.18. The average molecular weight is 285 g/mol. The summed E-state index contributed by atoms with van der Waals surface area (Å²) in [6.45, 7) is 4.51. The molecular formula is C13H23N3O4. The van der Waals surface area contributed by atoms with Gasteiger partial charge in [-0.3, -0.25) is 9.59 Å². The predicted molar refractivity (Wildman–Crippen MR) is 73.0 cm³/mol. The first-order chi connectivity index (χ1) is 9.33. The number of rotatable bonds is 6. The largest absolute Gasteiger partial charge is 0.480 e. The number of likely N-dealkylation sites (tertiary alicyclic amines) is 1. The van der Waals surface area contributed by atoms with E-state index >= 15 is 0 Å². The van der Waals surface area contributed by atoms with Crippen LogP contribution in [0.1, 0.15) is 33.1 Å². The highest BCUT2D eigenvalue weighted by molar-refractivity contribution is 5.86. The van der Waals surface area contributed by atoms with E-state index in [4.69, 9.17) is 10.8 Å². The second-order valence-corrected chi connectivity index (χ2v) is 5.38. The molecule has 3 amide bonds. The zero-order valence-electron chi connectivity index (χ0n) is 12.1. The van der Waals surface area contributed by atoms with Crippen LogP contribution in [0.25, 0.3) is 0 Å². The minimum atomic E-state index is -1.16. The third-order valence-electron chi connectivity index (χ3n) is 4.15. The van der Waals surface area contributed by atoms with Gasteiger partial charge in [0.25, 0.3) is 0 Å². The molecule has 0 aromatic carbocycles. The molecule has 0 saturated carbocycles. The first-order valence-electron chi connectivity index (χ1n) is 6.87. The van der Waals surface area contributed by atoms with Gasteiger partial charge in [0.2, 0.25) is 5.91 Å². The third-order valence-corrected chi connectivity index (χ3v) is 4.15. The van der Waals surface area contributed by atoms with Crippen LogP contribution in [0.4, 0.5) is 4.79 Å². The predicted octanol–water partition coefficient (Wildman–Crippen LogP) is 0.490. The molecule has 7 heteroatoms. The van der Waals surface area contributed by atoms with E-state index in [0.717, 1.165) is 24.2 Å². The number of hydrogen-bond donors (Lipinski definition) is 2. The summed E-state index contributed by atoms with van der Waals surface area (Å²) in [6, 6.07) is -0.421. The van der Waals surface area contributed by atoms with Crippen molar-refractivity contribution in [3.05, 3.63) is 0 Å². The van der Waals surface area contributed by atoms with Gasteiger partial charge in [-0.2, -0.15) is 0 Å². The summed E-state index contributed by atoms with van der Waals surface area (Å²) in [6.07, 6.45) is 2.85. The SMILES string of the molecule is CCC1(CC)CCN(C(=O)N(CC(N)=O)CC(=O)O)C1. The van der Waals surface area contributed by atoms with E-state index in [1.54, 1.807) is 4.90 Å². The lowest BCUT2D eigenvalue weighted by molar-refractivity contribution is -0.138. The van der Waals surface area contributed by atoms with Crippen LogP contribution in [0.2, 0.25) is 0 Å². The first-order valence-corrected chi connectivity index (χ1v) is 6.87. The second kappa shape index (κ2) is 6.58. The van der Waals surface area contributed by atoms with E-state index in [0.29, 0.717) is 13.1 Å². The molecule has 114 valence electrons. The molecule has 0 aromatic heterocycles. The average Bonchev–Trinajstić information content (AvgIpc) is 2.81. The van der Waals surface area contributed by atoms with E-state index in [1.807, 2.05) is 0 Å². The lowest BCUT2D eigenvalue weighted by atomic mass is 9.82. The zero-order chi connectivity index (χ0) is 15.3. The Balaban J connectivity index is 2.75. The number of amides is 3. The quantitative estimate of drug-likeness (QED) is 0.741. The maximum atomic E-state index is 12.3. The molecule has 0 radical (unpaired) electrons. The van der Waals surface area contributed by atoms with Crippen LogP contribution >= 0.6 is 0 Å². The first kappa shape index (κ1) is 16.3. The zero-order valence-corrected chi connectivity index (χ0v) is 12.1. The van der Waals surface area contributed by atoms with Crippen LogP contribution < -0.4 is 5.73 Å². The van der Waals surface area contributed by atoms with Gasteiger partial charge in [0.15, 0.2) is 0 Å². The van der Waals surface area contributed by atoms with Crippen molar-refractivity contribution in [2.75, 3.05) is 26.2 Å². The second-order valence-electron chi connectivity index (χ2n) is 5.38. The van der Waals surface area contributed by atoms with Crippen molar-refractivity contribution >= 4 is 17.9 Å². The van der Waals surface area contributed by atoms with Crippen molar-refractivity contribution < 1.29 is 19.5 Å². The summed E-state index contributed by atoms with van der Waals surface area (Å²) in [7, 11) is 0. The molecule has 0 bridgehead atoms. The molecule has 0 aromatic rings. The molecular weight excluding hydrogens is 262 g/mol. The van der Waals surface area contributed by atoms with E-state index in [2.05, 4.69) is 13.8 Å². The number of aliphatic carboxylic acids is 1. The summed E-state index contributed by atoms with van der Waals surface area (Å²) >= 11 is 0. The number of primary amides is 1. The Morgan fingerprint density at radius 1 is 1.25 bits per heavy atom. The molecule has 1 aliphatic heterocycles. The maximum Gasteiger partial charge on any atom is 0.323 e. The normalized spacial score (nSPS) is 17.0. The Morgan fingerprint density at radius 3 is 2.25 bits per heavy atom. The highest BCUT2D eigenvalue weighted by Gasteiger charge is 2.38. The molecule has 1 rings (SSSR count). The maximum absolute atomic E-state index is 12.3. The Hall–Kier alpha value is -1.79. The van der Waals surface area contributed by atoms with Gasteiger partial charge in [-0.05, 0) is 24.7 Å². The molecule has 0 atom stereocenters. The number of carboxylic acid groups (broad SMARTS) is 1. The molecule has 0 aliphatic carbocycles. The van der Waals surface area contributed by atoms with Gasteiger partial charge < -0.3 is 20.6 Å². The number of urea groups is 1. The van der Waals surface area contributed by atoms with Crippen LogP contribution in [-0.4, -0.2) is 59.0 Å². The van der Waals surface area contributed by atoms with Crippen molar-refractivity contribution in [2.45, 2.75) is 33.1 Å². The Labute approximate surface area is 118 Å². The molecule has 0 spiro atoms. The molecule has 3 N–H and O–H groups in total. The van der Waals surface area contributed by atoms with Gasteiger partial charge >= 0.3 is 12.0 Å². The van der Waals surface area contributed by atoms with Crippen molar-refractivity contribution in [2.24, 2.45) is 11.1 Å². The van der Waals surface area contributed by atoms with Crippen molar-refractivity contribution in [3.8, 4) is 0 Å². The van der Waals surface area contributed by atoms with Gasteiger partial charge in [0, 0.05) is 13.1 Å². The van der Waals surface area contributed by atoms with E-state index in [1.165, 1.54) is 0 Å². The van der Waals surface area contributed by atoms with Crippen LogP contribution in [-0.2, 0) is 9.59 Å². The third kappa shape index (κ3) is 3.85. The highest BCUT2D eigenvalue weighted by Crippen LogP contribution is 2.37. The van der Waals surface area contributed by atoms with Crippen LogP contribution in [0.3, 0.4) is 0 Å².